The van der Waals surface area contributed by atoms with Gasteiger partial charge in [0.1, 0.15) is 0 Å². The number of rotatable bonds is 11. The van der Waals surface area contributed by atoms with Crippen LogP contribution in [0.25, 0.3) is 0 Å². The molecule has 220 valence electrons. The van der Waals surface area contributed by atoms with Crippen molar-refractivity contribution in [2.45, 2.75) is 62.1 Å². The van der Waals surface area contributed by atoms with Crippen LogP contribution >= 0.6 is 35.3 Å². The molecule has 2 saturated carbocycles. The number of likely N-dealkylation sites (tertiary alicyclic amines) is 1. The average molecular weight is 617 g/mol. The van der Waals surface area contributed by atoms with Crippen molar-refractivity contribution in [3.8, 4) is 11.5 Å². The maximum absolute atomic E-state index is 13.7. The van der Waals surface area contributed by atoms with Crippen LogP contribution in [0.4, 0.5) is 0 Å². The minimum Gasteiger partial charge on any atom is -0.493 e. The summed E-state index contributed by atoms with van der Waals surface area (Å²) in [5.74, 6) is 0.906. The fourth-order valence-electron chi connectivity index (χ4n) is 7.65. The minimum atomic E-state index is -0.816. The number of carbonyl (C=O) groups excluding carboxylic acids is 2. The van der Waals surface area contributed by atoms with E-state index in [2.05, 4.69) is 31.0 Å². The Morgan fingerprint density at radius 3 is 2.61 bits per heavy atom. The number of imide groups is 1. The molecule has 1 aromatic heterocycles. The molecule has 3 fully saturated rings. The molecule has 0 spiro atoms. The van der Waals surface area contributed by atoms with Gasteiger partial charge in [-0.2, -0.15) is 0 Å². The number of carboxylic acid groups (broad SMARTS) is 1. The molecule has 7 unspecified atom stereocenters. The van der Waals surface area contributed by atoms with Crippen molar-refractivity contribution in [3.63, 3.8) is 0 Å². The van der Waals surface area contributed by atoms with Gasteiger partial charge in [-0.1, -0.05) is 26.3 Å². The molecule has 2 aliphatic heterocycles. The van der Waals surface area contributed by atoms with Crippen molar-refractivity contribution < 1.29 is 29.0 Å². The predicted octanol–water partition coefficient (Wildman–Crippen LogP) is 5.97. The number of hydrogen-bond donors (Lipinski definition) is 2. The van der Waals surface area contributed by atoms with Gasteiger partial charge >= 0.3 is 5.97 Å². The van der Waals surface area contributed by atoms with Gasteiger partial charge in [0.25, 0.3) is 0 Å². The molecule has 8 nitrogen and oxygen atoms in total. The summed E-state index contributed by atoms with van der Waals surface area (Å²) >= 11 is 9.00. The summed E-state index contributed by atoms with van der Waals surface area (Å²) in [5.41, 5.74) is 1.12. The highest BCUT2D eigenvalue weighted by Crippen LogP contribution is 2.69. The van der Waals surface area contributed by atoms with Gasteiger partial charge < -0.3 is 19.6 Å². The molecule has 2 amide bonds. The summed E-state index contributed by atoms with van der Waals surface area (Å²) in [6.07, 6.45) is 2.89. The molecule has 7 atom stereocenters. The number of unbranched alkanes of at least 4 members (excludes halogenated alkanes) is 2. The van der Waals surface area contributed by atoms with E-state index in [1.54, 1.807) is 18.4 Å². The number of aliphatic carboxylic acids is 1. The molecular weight excluding hydrogens is 581 g/mol. The maximum Gasteiger partial charge on any atom is 0.303 e. The number of carboxylic acids is 1. The number of methoxy groups -OCH3 is 1. The first-order chi connectivity index (χ1) is 19.7. The molecule has 2 aliphatic carbocycles. The number of nitrogens with one attached hydrogen (secondary N) is 1. The number of aromatic nitrogens is 1. The van der Waals surface area contributed by atoms with Crippen LogP contribution in [-0.4, -0.2) is 58.3 Å². The van der Waals surface area contributed by atoms with Crippen molar-refractivity contribution in [1.82, 2.24) is 9.88 Å². The Morgan fingerprint density at radius 1 is 1.15 bits per heavy atom. The third-order valence-electron chi connectivity index (χ3n) is 9.21. The third-order valence-corrected chi connectivity index (χ3v) is 12.1. The summed E-state index contributed by atoms with van der Waals surface area (Å²) in [6, 6.07) is 6.19. The van der Waals surface area contributed by atoms with Gasteiger partial charge in [0.2, 0.25) is 11.8 Å². The maximum atomic E-state index is 13.7. The van der Waals surface area contributed by atoms with Crippen LogP contribution in [0.2, 0.25) is 0 Å². The zero-order valence-corrected chi connectivity index (χ0v) is 25.9. The lowest BCUT2D eigenvalue weighted by Crippen LogP contribution is -2.42. The number of thiazole rings is 1. The number of hydrogen-bond acceptors (Lipinski definition) is 8. The van der Waals surface area contributed by atoms with Gasteiger partial charge in [-0.3, -0.25) is 19.3 Å². The number of thioether (sulfide) groups is 1. The van der Waals surface area contributed by atoms with Gasteiger partial charge in [0.05, 0.1) is 30.6 Å². The molecular formula is C30H36N2O6S3. The molecule has 6 rings (SSSR count). The van der Waals surface area contributed by atoms with Gasteiger partial charge in [-0.15, -0.1) is 23.1 Å². The van der Waals surface area contributed by atoms with Crippen molar-refractivity contribution in [1.29, 1.82) is 0 Å². The van der Waals surface area contributed by atoms with E-state index in [1.807, 2.05) is 17.8 Å². The molecule has 41 heavy (non-hydrogen) atoms. The van der Waals surface area contributed by atoms with Crippen molar-refractivity contribution in [2.24, 2.45) is 35.5 Å². The largest absolute Gasteiger partial charge is 0.493 e. The Hall–Kier alpha value is -2.37. The Labute approximate surface area is 253 Å². The van der Waals surface area contributed by atoms with Crippen molar-refractivity contribution >= 4 is 53.1 Å². The van der Waals surface area contributed by atoms with Crippen LogP contribution in [0, 0.1) is 39.5 Å². The second-order valence-electron chi connectivity index (χ2n) is 12.1. The lowest BCUT2D eigenvalue weighted by atomic mass is 9.68. The quantitative estimate of drug-likeness (QED) is 0.181. The Morgan fingerprint density at radius 2 is 1.90 bits per heavy atom. The molecule has 2 bridgehead atoms. The fraction of sp³-hybridized carbons (Fsp3) is 0.600. The summed E-state index contributed by atoms with van der Waals surface area (Å²) in [6.45, 7) is 5.20. The summed E-state index contributed by atoms with van der Waals surface area (Å²) in [7, 11) is 1.66. The van der Waals surface area contributed by atoms with E-state index in [4.69, 9.17) is 26.8 Å². The summed E-state index contributed by atoms with van der Waals surface area (Å²) < 4.78 is 12.5. The second-order valence-corrected chi connectivity index (χ2v) is 15.0. The summed E-state index contributed by atoms with van der Waals surface area (Å²) in [5, 5.41) is 10.2. The zero-order chi connectivity index (χ0) is 29.0. The fourth-order valence-corrected chi connectivity index (χ4v) is 11.0. The lowest BCUT2D eigenvalue weighted by molar-refractivity contribution is -0.141. The number of carbonyl (C=O) groups is 3. The number of benzene rings is 1. The van der Waals surface area contributed by atoms with Gasteiger partial charge in [0.15, 0.2) is 15.5 Å². The second kappa shape index (κ2) is 11.4. The van der Waals surface area contributed by atoms with E-state index in [-0.39, 0.29) is 59.0 Å². The average Bonchev–Trinajstić information content (AvgIpc) is 3.66. The third kappa shape index (κ3) is 5.01. The minimum absolute atomic E-state index is 0.0290. The zero-order valence-electron chi connectivity index (χ0n) is 23.5. The Balaban J connectivity index is 1.29. The molecule has 2 aromatic rings. The number of H-pyrrole nitrogens is 1. The Kier molecular flexibility index (Phi) is 7.97. The number of ether oxygens (including phenoxy) is 2. The first-order valence-electron chi connectivity index (χ1n) is 14.5. The van der Waals surface area contributed by atoms with Crippen LogP contribution in [0.5, 0.6) is 11.5 Å². The molecule has 3 heterocycles. The smallest absolute Gasteiger partial charge is 0.303 e. The van der Waals surface area contributed by atoms with E-state index in [0.717, 1.165) is 26.7 Å². The van der Waals surface area contributed by atoms with E-state index in [9.17, 15) is 14.4 Å². The molecule has 4 aliphatic rings. The monoisotopic (exact) mass is 616 g/mol. The number of fused-ring (bicyclic) bond motifs is 9. The molecule has 11 heteroatoms. The van der Waals surface area contributed by atoms with E-state index < -0.39 is 5.97 Å². The first kappa shape index (κ1) is 28.7. The van der Waals surface area contributed by atoms with Gasteiger partial charge in [0, 0.05) is 29.0 Å². The molecule has 2 N–H and O–H groups in total. The molecule has 0 radical (unpaired) electrons. The van der Waals surface area contributed by atoms with E-state index in [0.29, 0.717) is 44.1 Å². The summed E-state index contributed by atoms with van der Waals surface area (Å²) in [4.78, 5) is 44.3. The SMILES string of the molecule is COc1cc(C2c3sc(=S)[nH]c3SC3C4CC(C5C(=O)N(CCCCCC(=O)O)C(=O)C45)C23)ccc1OCC(C)C. The standard InChI is InChI=1S/C30H36N2O6S3/c1-14(2)13-38-18-9-8-15(11-19(18)37-3)21-22-16-12-17(25(22)40-27-26(21)41-30(39)31-27)24-23(16)28(35)32(29(24)36)10-6-4-5-7-20(33)34/h8-9,11,14,16-17,21-25H,4-7,10,12-13H2,1-3H3,(H,31,39)(H,33,34). The topological polar surface area (TPSA) is 109 Å². The van der Waals surface area contributed by atoms with E-state index in [1.165, 1.54) is 9.78 Å². The number of amides is 2. The highest BCUT2D eigenvalue weighted by molar-refractivity contribution is 8.00. The highest BCUT2D eigenvalue weighted by atomic mass is 32.2. The number of nitrogens with zero attached hydrogens (tertiary/aromatic N) is 1. The van der Waals surface area contributed by atoms with Crippen LogP contribution in [0.1, 0.15) is 62.3 Å². The van der Waals surface area contributed by atoms with Crippen LogP contribution in [-0.2, 0) is 14.4 Å². The first-order valence-corrected chi connectivity index (χ1v) is 16.6. The highest BCUT2D eigenvalue weighted by Gasteiger charge is 2.69. The number of aromatic amines is 1. The van der Waals surface area contributed by atoms with Crippen LogP contribution in [0.15, 0.2) is 23.2 Å². The normalized spacial score (nSPS) is 29.6. The van der Waals surface area contributed by atoms with E-state index >= 15 is 0 Å². The van der Waals surface area contributed by atoms with Crippen molar-refractivity contribution in [2.75, 3.05) is 20.3 Å². The molecule has 1 aromatic carbocycles. The van der Waals surface area contributed by atoms with Gasteiger partial charge in [-0.25, -0.2) is 0 Å². The Bertz CT molecular complexity index is 1420. The van der Waals surface area contributed by atoms with Crippen LogP contribution in [0.3, 0.4) is 0 Å². The van der Waals surface area contributed by atoms with Crippen LogP contribution < -0.4 is 9.47 Å². The van der Waals surface area contributed by atoms with Crippen molar-refractivity contribution in [3.05, 3.63) is 32.6 Å². The van der Waals surface area contributed by atoms with Gasteiger partial charge in [-0.05, 0) is 72.8 Å². The molecule has 1 saturated heterocycles. The lowest BCUT2D eigenvalue weighted by Gasteiger charge is -2.43. The predicted molar refractivity (Wildman–Crippen MR) is 159 cm³/mol.